The molecule has 2 aromatic rings. The standard InChI is InChI=1S/C23H22FNO4/c1-29-16-10-6-7-14(13-16)21(26)19-20(17-11-4-5-12-18(17)24)25(23(28)22(19)27)15-8-2-3-9-15/h4-7,10-13,15,20,26H,2-3,8-9H2,1H3/b21-19-. The fourth-order valence-corrected chi connectivity index (χ4v) is 4.34. The van der Waals surface area contributed by atoms with Crippen LogP contribution in [0.3, 0.4) is 0 Å². The van der Waals surface area contributed by atoms with E-state index in [2.05, 4.69) is 0 Å². The van der Waals surface area contributed by atoms with E-state index in [0.717, 1.165) is 25.7 Å². The van der Waals surface area contributed by atoms with Crippen molar-refractivity contribution in [2.24, 2.45) is 0 Å². The predicted molar refractivity (Wildman–Crippen MR) is 106 cm³/mol. The number of amides is 1. The Balaban J connectivity index is 1.91. The number of aliphatic hydroxyl groups is 1. The van der Waals surface area contributed by atoms with Crippen LogP contribution < -0.4 is 4.74 Å². The Hall–Kier alpha value is -3.15. The second kappa shape index (κ2) is 7.70. The van der Waals surface area contributed by atoms with Crippen LogP contribution in [-0.2, 0) is 9.59 Å². The molecular formula is C23H22FNO4. The molecule has 1 aliphatic carbocycles. The lowest BCUT2D eigenvalue weighted by Gasteiger charge is -2.30. The van der Waals surface area contributed by atoms with E-state index in [1.807, 2.05) is 0 Å². The predicted octanol–water partition coefficient (Wildman–Crippen LogP) is 4.20. The zero-order valence-corrected chi connectivity index (χ0v) is 16.1. The maximum absolute atomic E-state index is 14.7. The Morgan fingerprint density at radius 1 is 1.10 bits per heavy atom. The normalized spacial score (nSPS) is 21.7. The van der Waals surface area contributed by atoms with Crippen molar-refractivity contribution >= 4 is 17.4 Å². The highest BCUT2D eigenvalue weighted by Crippen LogP contribution is 2.44. The molecule has 1 saturated heterocycles. The third kappa shape index (κ3) is 3.28. The van der Waals surface area contributed by atoms with Gasteiger partial charge < -0.3 is 14.7 Å². The fourth-order valence-electron chi connectivity index (χ4n) is 4.34. The summed E-state index contributed by atoms with van der Waals surface area (Å²) in [6, 6.07) is 11.6. The number of likely N-dealkylation sites (tertiary alicyclic amines) is 1. The van der Waals surface area contributed by atoms with E-state index in [0.29, 0.717) is 11.3 Å². The number of benzene rings is 2. The number of aliphatic hydroxyl groups excluding tert-OH is 1. The van der Waals surface area contributed by atoms with Crippen molar-refractivity contribution in [2.75, 3.05) is 7.11 Å². The fraction of sp³-hybridized carbons (Fsp3) is 0.304. The molecule has 5 nitrogen and oxygen atoms in total. The zero-order valence-electron chi connectivity index (χ0n) is 16.1. The van der Waals surface area contributed by atoms with Crippen LogP contribution in [-0.4, -0.2) is 34.8 Å². The van der Waals surface area contributed by atoms with Crippen LogP contribution in [0.2, 0.25) is 0 Å². The van der Waals surface area contributed by atoms with E-state index < -0.39 is 23.5 Å². The Morgan fingerprint density at radius 3 is 2.52 bits per heavy atom. The van der Waals surface area contributed by atoms with Gasteiger partial charge in [0.1, 0.15) is 17.3 Å². The molecule has 0 bridgehead atoms. The Kier molecular flexibility index (Phi) is 5.09. The first-order chi connectivity index (χ1) is 14.0. The SMILES string of the molecule is COc1cccc(/C(O)=C2/C(=O)C(=O)N(C3CCCC3)C2c2ccccc2F)c1. The van der Waals surface area contributed by atoms with Crippen LogP contribution in [0.4, 0.5) is 4.39 Å². The van der Waals surface area contributed by atoms with Gasteiger partial charge in [-0.15, -0.1) is 0 Å². The zero-order chi connectivity index (χ0) is 20.5. The topological polar surface area (TPSA) is 66.8 Å². The first-order valence-corrected chi connectivity index (χ1v) is 9.72. The summed E-state index contributed by atoms with van der Waals surface area (Å²) in [4.78, 5) is 27.4. The number of Topliss-reactive ketones (excluding diaryl/α,β-unsaturated/α-hetero) is 1. The molecule has 1 atom stereocenters. The molecule has 1 N–H and O–H groups in total. The lowest BCUT2D eigenvalue weighted by atomic mass is 9.94. The summed E-state index contributed by atoms with van der Waals surface area (Å²) in [5, 5.41) is 11.0. The van der Waals surface area contributed by atoms with Crippen molar-refractivity contribution < 1.29 is 23.8 Å². The van der Waals surface area contributed by atoms with E-state index in [1.165, 1.54) is 18.1 Å². The summed E-state index contributed by atoms with van der Waals surface area (Å²) >= 11 is 0. The number of carbonyl (C=O) groups excluding carboxylic acids is 2. The number of ether oxygens (including phenoxy) is 1. The van der Waals surface area contributed by atoms with Gasteiger partial charge >= 0.3 is 0 Å². The second-order valence-electron chi connectivity index (χ2n) is 7.40. The smallest absolute Gasteiger partial charge is 0.295 e. The van der Waals surface area contributed by atoms with Crippen molar-refractivity contribution in [3.8, 4) is 5.75 Å². The minimum absolute atomic E-state index is 0.0831. The number of methoxy groups -OCH3 is 1. The average molecular weight is 395 g/mol. The minimum atomic E-state index is -0.953. The first kappa shape index (κ1) is 19.2. The maximum Gasteiger partial charge on any atom is 0.295 e. The number of ketones is 1. The molecule has 1 amide bonds. The highest BCUT2D eigenvalue weighted by atomic mass is 19.1. The number of halogens is 1. The van der Waals surface area contributed by atoms with Gasteiger partial charge in [-0.05, 0) is 31.0 Å². The summed E-state index contributed by atoms with van der Waals surface area (Å²) in [5.74, 6) is -1.81. The molecule has 4 rings (SSSR count). The van der Waals surface area contributed by atoms with Gasteiger partial charge in [0, 0.05) is 17.2 Å². The van der Waals surface area contributed by atoms with Crippen molar-refractivity contribution in [3.63, 3.8) is 0 Å². The second-order valence-corrected chi connectivity index (χ2v) is 7.40. The number of rotatable bonds is 4. The van der Waals surface area contributed by atoms with E-state index in [1.54, 1.807) is 42.5 Å². The number of carbonyl (C=O) groups is 2. The van der Waals surface area contributed by atoms with Crippen molar-refractivity contribution in [2.45, 2.75) is 37.8 Å². The molecule has 150 valence electrons. The molecule has 6 heteroatoms. The van der Waals surface area contributed by atoms with Crippen LogP contribution in [0.1, 0.15) is 42.9 Å². The molecule has 0 aromatic heterocycles. The van der Waals surface area contributed by atoms with Gasteiger partial charge in [-0.2, -0.15) is 0 Å². The lowest BCUT2D eigenvalue weighted by molar-refractivity contribution is -0.141. The van der Waals surface area contributed by atoms with Gasteiger partial charge in [0.15, 0.2) is 0 Å². The third-order valence-electron chi connectivity index (χ3n) is 5.74. The first-order valence-electron chi connectivity index (χ1n) is 9.72. The quantitative estimate of drug-likeness (QED) is 0.479. The number of nitrogens with zero attached hydrogens (tertiary/aromatic N) is 1. The number of hydrogen-bond acceptors (Lipinski definition) is 4. The lowest BCUT2D eigenvalue weighted by Crippen LogP contribution is -2.38. The Morgan fingerprint density at radius 2 is 1.83 bits per heavy atom. The van der Waals surface area contributed by atoms with Crippen LogP contribution in [0.5, 0.6) is 5.75 Å². The van der Waals surface area contributed by atoms with Crippen molar-refractivity contribution in [1.29, 1.82) is 0 Å². The van der Waals surface area contributed by atoms with Gasteiger partial charge in [0.25, 0.3) is 11.7 Å². The van der Waals surface area contributed by atoms with Gasteiger partial charge in [-0.1, -0.05) is 43.2 Å². The van der Waals surface area contributed by atoms with Crippen LogP contribution in [0, 0.1) is 5.82 Å². The summed E-state index contributed by atoms with van der Waals surface area (Å²) in [5.41, 5.74) is 0.471. The van der Waals surface area contributed by atoms with E-state index in [4.69, 9.17) is 4.74 Å². The van der Waals surface area contributed by atoms with Crippen LogP contribution in [0.15, 0.2) is 54.1 Å². The molecule has 29 heavy (non-hydrogen) atoms. The highest BCUT2D eigenvalue weighted by molar-refractivity contribution is 6.46. The largest absolute Gasteiger partial charge is 0.507 e. The summed E-state index contributed by atoms with van der Waals surface area (Å²) in [7, 11) is 1.50. The van der Waals surface area contributed by atoms with Crippen LogP contribution in [0.25, 0.3) is 5.76 Å². The average Bonchev–Trinajstić information content (AvgIpc) is 3.35. The third-order valence-corrected chi connectivity index (χ3v) is 5.74. The summed E-state index contributed by atoms with van der Waals surface area (Å²) < 4.78 is 19.9. The molecule has 0 spiro atoms. The van der Waals surface area contributed by atoms with E-state index in [9.17, 15) is 19.1 Å². The molecule has 2 fully saturated rings. The molecule has 0 radical (unpaired) electrons. The molecule has 2 aromatic carbocycles. The molecule has 1 heterocycles. The van der Waals surface area contributed by atoms with Crippen molar-refractivity contribution in [3.05, 3.63) is 71.0 Å². The van der Waals surface area contributed by atoms with Gasteiger partial charge in [0.2, 0.25) is 0 Å². The summed E-state index contributed by atoms with van der Waals surface area (Å²) in [6.07, 6.45) is 3.43. The van der Waals surface area contributed by atoms with Crippen LogP contribution >= 0.6 is 0 Å². The molecular weight excluding hydrogens is 373 g/mol. The Bertz CT molecular complexity index is 994. The van der Waals surface area contributed by atoms with Gasteiger partial charge in [-0.25, -0.2) is 4.39 Å². The van der Waals surface area contributed by atoms with E-state index in [-0.39, 0.29) is 22.9 Å². The van der Waals surface area contributed by atoms with Gasteiger partial charge in [-0.3, -0.25) is 9.59 Å². The molecule has 1 saturated carbocycles. The monoisotopic (exact) mass is 395 g/mol. The maximum atomic E-state index is 14.7. The minimum Gasteiger partial charge on any atom is -0.507 e. The Labute approximate surface area is 168 Å². The molecule has 2 aliphatic rings. The van der Waals surface area contributed by atoms with E-state index >= 15 is 0 Å². The van der Waals surface area contributed by atoms with Crippen molar-refractivity contribution in [1.82, 2.24) is 4.90 Å². The highest BCUT2D eigenvalue weighted by Gasteiger charge is 2.49. The molecule has 1 aliphatic heterocycles. The van der Waals surface area contributed by atoms with Gasteiger partial charge in [0.05, 0.1) is 18.7 Å². The summed E-state index contributed by atoms with van der Waals surface area (Å²) in [6.45, 7) is 0. The molecule has 1 unspecified atom stereocenters. The number of hydrogen-bond donors (Lipinski definition) is 1.